The molecule has 0 aliphatic rings. The molecule has 1 amide bonds. The first-order valence-corrected chi connectivity index (χ1v) is 8.33. The number of hydrogen-bond acceptors (Lipinski definition) is 4. The van der Waals surface area contributed by atoms with Crippen molar-refractivity contribution < 1.29 is 24.2 Å². The van der Waals surface area contributed by atoms with Crippen molar-refractivity contribution >= 4 is 17.6 Å². The molecular weight excluding hydrogens is 334 g/mol. The highest BCUT2D eigenvalue weighted by Crippen LogP contribution is 2.22. The second kappa shape index (κ2) is 8.89. The summed E-state index contributed by atoms with van der Waals surface area (Å²) in [7, 11) is 0. The van der Waals surface area contributed by atoms with E-state index in [2.05, 4.69) is 19.2 Å². The first kappa shape index (κ1) is 19.3. The van der Waals surface area contributed by atoms with Crippen molar-refractivity contribution in [1.82, 2.24) is 0 Å². The molecule has 0 radical (unpaired) electrons. The summed E-state index contributed by atoms with van der Waals surface area (Å²) in [5.74, 6) is 0.156. The number of hydrogen-bond donors (Lipinski definition) is 2. The SMILES string of the molecule is Cc1cc(OCC(=O)O)ccc1NC(=O)COc1cccc(C(C)C)c1. The summed E-state index contributed by atoms with van der Waals surface area (Å²) in [5.41, 5.74) is 2.54. The van der Waals surface area contributed by atoms with Crippen LogP contribution in [0.1, 0.15) is 30.9 Å². The molecule has 0 aliphatic carbocycles. The van der Waals surface area contributed by atoms with Gasteiger partial charge in [-0.05, 0) is 54.3 Å². The average molecular weight is 357 g/mol. The van der Waals surface area contributed by atoms with Crippen molar-refractivity contribution in [2.75, 3.05) is 18.5 Å². The highest BCUT2D eigenvalue weighted by molar-refractivity contribution is 5.92. The fourth-order valence-electron chi connectivity index (χ4n) is 2.31. The third-order valence-electron chi connectivity index (χ3n) is 3.73. The number of carbonyl (C=O) groups is 2. The smallest absolute Gasteiger partial charge is 0.341 e. The van der Waals surface area contributed by atoms with Crippen LogP contribution >= 0.6 is 0 Å². The molecular formula is C20H23NO5. The Bertz CT molecular complexity index is 786. The van der Waals surface area contributed by atoms with Crippen molar-refractivity contribution in [2.45, 2.75) is 26.7 Å². The summed E-state index contributed by atoms with van der Waals surface area (Å²) in [6.07, 6.45) is 0. The van der Waals surface area contributed by atoms with Crippen LogP contribution in [0.5, 0.6) is 11.5 Å². The van der Waals surface area contributed by atoms with E-state index in [1.54, 1.807) is 25.1 Å². The van der Waals surface area contributed by atoms with Gasteiger partial charge >= 0.3 is 5.97 Å². The van der Waals surface area contributed by atoms with Crippen molar-refractivity contribution in [3.63, 3.8) is 0 Å². The Morgan fingerprint density at radius 3 is 2.38 bits per heavy atom. The molecule has 0 unspecified atom stereocenters. The third kappa shape index (κ3) is 5.81. The lowest BCUT2D eigenvalue weighted by atomic mass is 10.0. The Balaban J connectivity index is 1.91. The molecule has 0 saturated carbocycles. The summed E-state index contributed by atoms with van der Waals surface area (Å²) in [5, 5.41) is 11.4. The monoisotopic (exact) mass is 357 g/mol. The Kier molecular flexibility index (Phi) is 6.60. The summed E-state index contributed by atoms with van der Waals surface area (Å²) in [6, 6.07) is 12.6. The van der Waals surface area contributed by atoms with Crippen LogP contribution in [-0.4, -0.2) is 30.2 Å². The molecule has 0 heterocycles. The van der Waals surface area contributed by atoms with Crippen LogP contribution in [0.3, 0.4) is 0 Å². The Morgan fingerprint density at radius 1 is 1.04 bits per heavy atom. The zero-order valence-electron chi connectivity index (χ0n) is 15.1. The lowest BCUT2D eigenvalue weighted by molar-refractivity contribution is -0.139. The number of carbonyl (C=O) groups excluding carboxylic acids is 1. The Morgan fingerprint density at radius 2 is 1.73 bits per heavy atom. The molecule has 0 fully saturated rings. The van der Waals surface area contributed by atoms with E-state index in [0.717, 1.165) is 11.1 Å². The van der Waals surface area contributed by atoms with E-state index in [-0.39, 0.29) is 12.5 Å². The molecule has 0 aromatic heterocycles. The van der Waals surface area contributed by atoms with E-state index >= 15 is 0 Å². The molecule has 2 aromatic carbocycles. The van der Waals surface area contributed by atoms with Gasteiger partial charge in [0.15, 0.2) is 13.2 Å². The van der Waals surface area contributed by atoms with Crippen LogP contribution in [-0.2, 0) is 9.59 Å². The maximum Gasteiger partial charge on any atom is 0.341 e. The zero-order valence-corrected chi connectivity index (χ0v) is 15.1. The van der Waals surface area contributed by atoms with Crippen LogP contribution in [0.2, 0.25) is 0 Å². The molecule has 2 aromatic rings. The molecule has 138 valence electrons. The molecule has 2 rings (SSSR count). The maximum absolute atomic E-state index is 12.1. The Labute approximate surface area is 152 Å². The summed E-state index contributed by atoms with van der Waals surface area (Å²) in [4.78, 5) is 22.6. The van der Waals surface area contributed by atoms with E-state index in [4.69, 9.17) is 14.6 Å². The summed E-state index contributed by atoms with van der Waals surface area (Å²) in [6.45, 7) is 5.49. The lowest BCUT2D eigenvalue weighted by Crippen LogP contribution is -2.20. The first-order valence-electron chi connectivity index (χ1n) is 8.33. The number of carboxylic acid groups (broad SMARTS) is 1. The average Bonchev–Trinajstić information content (AvgIpc) is 2.60. The van der Waals surface area contributed by atoms with Crippen LogP contribution in [0, 0.1) is 6.92 Å². The van der Waals surface area contributed by atoms with Gasteiger partial charge in [-0.3, -0.25) is 4.79 Å². The maximum atomic E-state index is 12.1. The quantitative estimate of drug-likeness (QED) is 0.754. The molecule has 26 heavy (non-hydrogen) atoms. The second-order valence-electron chi connectivity index (χ2n) is 6.22. The number of carboxylic acids is 1. The number of benzene rings is 2. The molecule has 0 bridgehead atoms. The molecule has 0 spiro atoms. The fraction of sp³-hybridized carbons (Fsp3) is 0.300. The molecule has 2 N–H and O–H groups in total. The van der Waals surface area contributed by atoms with Crippen molar-refractivity contribution in [1.29, 1.82) is 0 Å². The van der Waals surface area contributed by atoms with Gasteiger partial charge in [0.1, 0.15) is 11.5 Å². The van der Waals surface area contributed by atoms with E-state index in [1.807, 2.05) is 24.3 Å². The molecule has 0 saturated heterocycles. The van der Waals surface area contributed by atoms with Crippen molar-refractivity contribution in [2.24, 2.45) is 0 Å². The van der Waals surface area contributed by atoms with Gasteiger partial charge in [0.05, 0.1) is 0 Å². The van der Waals surface area contributed by atoms with Gasteiger partial charge in [-0.25, -0.2) is 4.79 Å². The first-order chi connectivity index (χ1) is 12.3. The van der Waals surface area contributed by atoms with Gasteiger partial charge in [-0.2, -0.15) is 0 Å². The molecule has 6 heteroatoms. The minimum Gasteiger partial charge on any atom is -0.484 e. The van der Waals surface area contributed by atoms with Gasteiger partial charge < -0.3 is 19.9 Å². The standard InChI is InChI=1S/C20H23NO5/c1-13(2)15-5-4-6-16(10-15)25-11-19(22)21-18-8-7-17(9-14(18)3)26-12-20(23)24/h4-10,13H,11-12H2,1-3H3,(H,21,22)(H,23,24). The van der Waals surface area contributed by atoms with Gasteiger partial charge in [0.25, 0.3) is 5.91 Å². The lowest BCUT2D eigenvalue weighted by Gasteiger charge is -2.12. The van der Waals surface area contributed by atoms with Gasteiger partial charge in [0, 0.05) is 5.69 Å². The number of nitrogens with one attached hydrogen (secondary N) is 1. The highest BCUT2D eigenvalue weighted by Gasteiger charge is 2.08. The van der Waals surface area contributed by atoms with E-state index < -0.39 is 12.6 Å². The third-order valence-corrected chi connectivity index (χ3v) is 3.73. The number of amides is 1. The van der Waals surface area contributed by atoms with Crippen molar-refractivity contribution in [3.05, 3.63) is 53.6 Å². The topological polar surface area (TPSA) is 84.9 Å². The van der Waals surface area contributed by atoms with Gasteiger partial charge in [-0.15, -0.1) is 0 Å². The zero-order chi connectivity index (χ0) is 19.1. The number of anilines is 1. The van der Waals surface area contributed by atoms with Crippen LogP contribution in [0.4, 0.5) is 5.69 Å². The van der Waals surface area contributed by atoms with Gasteiger partial charge in [0.2, 0.25) is 0 Å². The van der Waals surface area contributed by atoms with E-state index in [9.17, 15) is 9.59 Å². The predicted octanol–water partition coefficient (Wildman–Crippen LogP) is 3.60. The minimum atomic E-state index is -1.04. The summed E-state index contributed by atoms with van der Waals surface area (Å²) < 4.78 is 10.7. The van der Waals surface area contributed by atoms with Gasteiger partial charge in [-0.1, -0.05) is 26.0 Å². The van der Waals surface area contributed by atoms with Crippen LogP contribution in [0.25, 0.3) is 0 Å². The normalized spacial score (nSPS) is 10.5. The van der Waals surface area contributed by atoms with Crippen molar-refractivity contribution in [3.8, 4) is 11.5 Å². The molecule has 6 nitrogen and oxygen atoms in total. The highest BCUT2D eigenvalue weighted by atomic mass is 16.5. The Hall–Kier alpha value is -3.02. The minimum absolute atomic E-state index is 0.0990. The number of aliphatic carboxylic acids is 1. The van der Waals surface area contributed by atoms with Crippen LogP contribution in [0.15, 0.2) is 42.5 Å². The number of rotatable bonds is 8. The fourth-order valence-corrected chi connectivity index (χ4v) is 2.31. The number of ether oxygens (including phenoxy) is 2. The largest absolute Gasteiger partial charge is 0.484 e. The predicted molar refractivity (Wildman–Crippen MR) is 99.0 cm³/mol. The molecule has 0 atom stereocenters. The second-order valence-corrected chi connectivity index (χ2v) is 6.22. The van der Waals surface area contributed by atoms with E-state index in [1.165, 1.54) is 0 Å². The molecule has 0 aliphatic heterocycles. The van der Waals surface area contributed by atoms with E-state index in [0.29, 0.717) is 23.1 Å². The van der Waals surface area contributed by atoms with Crippen LogP contribution < -0.4 is 14.8 Å². The number of aryl methyl sites for hydroxylation is 1. The summed E-state index contributed by atoms with van der Waals surface area (Å²) >= 11 is 0.